The minimum absolute atomic E-state index is 0.0551. The molecule has 2 aromatic rings. The summed E-state index contributed by atoms with van der Waals surface area (Å²) in [6, 6.07) is 11.7. The van der Waals surface area contributed by atoms with Crippen molar-refractivity contribution in [2.45, 2.75) is 48.8 Å². The van der Waals surface area contributed by atoms with Crippen molar-refractivity contribution in [3.8, 4) is 0 Å². The Morgan fingerprint density at radius 3 is 2.70 bits per heavy atom. The highest BCUT2D eigenvalue weighted by Gasteiger charge is 2.28. The molecular weight excluding hydrogens is 380 g/mol. The molecule has 1 saturated heterocycles. The van der Waals surface area contributed by atoms with E-state index < -0.39 is 10.0 Å². The summed E-state index contributed by atoms with van der Waals surface area (Å²) in [6.45, 7) is 1.19. The summed E-state index contributed by atoms with van der Waals surface area (Å²) in [7, 11) is -3.42. The van der Waals surface area contributed by atoms with E-state index in [-0.39, 0.29) is 18.4 Å². The normalized spacial score (nSPS) is 20.4. The molecule has 0 saturated carbocycles. The molecule has 144 valence electrons. The number of carbonyl (C=O) groups excluding carboxylic acids is 1. The van der Waals surface area contributed by atoms with Crippen LogP contribution in [0, 0.1) is 0 Å². The lowest BCUT2D eigenvalue weighted by molar-refractivity contribution is -0.121. The first-order chi connectivity index (χ1) is 13.0. The van der Waals surface area contributed by atoms with Gasteiger partial charge in [0, 0.05) is 18.0 Å². The van der Waals surface area contributed by atoms with E-state index in [1.165, 1.54) is 22.5 Å². The molecule has 1 amide bonds. The Balaban J connectivity index is 1.40. The van der Waals surface area contributed by atoms with Crippen molar-refractivity contribution in [1.82, 2.24) is 9.62 Å². The maximum absolute atomic E-state index is 12.7. The molecule has 4 rings (SSSR count). The quantitative estimate of drug-likeness (QED) is 0.832. The van der Waals surface area contributed by atoms with Gasteiger partial charge in [-0.15, -0.1) is 11.3 Å². The van der Waals surface area contributed by atoms with E-state index in [1.54, 1.807) is 16.4 Å². The SMILES string of the molecule is O=C(Cc1ccc(S(=O)(=O)N2CCCCC2)s1)NC1CCc2ccccc21. The van der Waals surface area contributed by atoms with Crippen LogP contribution in [-0.4, -0.2) is 31.7 Å². The number of thiophene rings is 1. The summed E-state index contributed by atoms with van der Waals surface area (Å²) in [6.07, 6.45) is 5.05. The largest absolute Gasteiger partial charge is 0.349 e. The van der Waals surface area contributed by atoms with Gasteiger partial charge < -0.3 is 5.32 Å². The van der Waals surface area contributed by atoms with Gasteiger partial charge in [0.2, 0.25) is 5.91 Å². The lowest BCUT2D eigenvalue weighted by atomic mass is 10.1. The molecule has 1 atom stereocenters. The summed E-state index contributed by atoms with van der Waals surface area (Å²) in [5.41, 5.74) is 2.50. The second-order valence-electron chi connectivity index (χ2n) is 7.22. The second-order valence-corrected chi connectivity index (χ2v) is 10.6. The molecule has 1 aromatic heterocycles. The van der Waals surface area contributed by atoms with Crippen molar-refractivity contribution < 1.29 is 13.2 Å². The van der Waals surface area contributed by atoms with Crippen LogP contribution in [0.5, 0.6) is 0 Å². The summed E-state index contributed by atoms with van der Waals surface area (Å²) in [5.74, 6) is -0.0551. The van der Waals surface area contributed by atoms with Crippen molar-refractivity contribution in [1.29, 1.82) is 0 Å². The highest BCUT2D eigenvalue weighted by molar-refractivity contribution is 7.91. The molecule has 1 aliphatic carbocycles. The molecule has 7 heteroatoms. The van der Waals surface area contributed by atoms with Gasteiger partial charge in [-0.05, 0) is 48.9 Å². The van der Waals surface area contributed by atoms with Crippen LogP contribution in [0.1, 0.15) is 47.7 Å². The fraction of sp³-hybridized carbons (Fsp3) is 0.450. The first-order valence-electron chi connectivity index (χ1n) is 9.50. The first kappa shape index (κ1) is 18.7. The molecule has 5 nitrogen and oxygen atoms in total. The van der Waals surface area contributed by atoms with E-state index >= 15 is 0 Å². The van der Waals surface area contributed by atoms with Crippen molar-refractivity contribution in [3.63, 3.8) is 0 Å². The lowest BCUT2D eigenvalue weighted by Gasteiger charge is -2.25. The highest BCUT2D eigenvalue weighted by Crippen LogP contribution is 2.31. The van der Waals surface area contributed by atoms with E-state index in [1.807, 2.05) is 12.1 Å². The minimum atomic E-state index is -3.42. The molecule has 0 spiro atoms. The third-order valence-corrected chi connectivity index (χ3v) is 8.80. The van der Waals surface area contributed by atoms with Gasteiger partial charge >= 0.3 is 0 Å². The van der Waals surface area contributed by atoms with Crippen LogP contribution in [0.2, 0.25) is 0 Å². The smallest absolute Gasteiger partial charge is 0.252 e. The zero-order valence-electron chi connectivity index (χ0n) is 15.2. The number of carbonyl (C=O) groups is 1. The summed E-state index contributed by atoms with van der Waals surface area (Å²) in [4.78, 5) is 13.3. The second kappa shape index (κ2) is 7.73. The van der Waals surface area contributed by atoms with Gasteiger partial charge in [0.15, 0.2) is 0 Å². The minimum Gasteiger partial charge on any atom is -0.349 e. The summed E-state index contributed by atoms with van der Waals surface area (Å²) >= 11 is 1.21. The van der Waals surface area contributed by atoms with E-state index in [4.69, 9.17) is 0 Å². The Labute approximate surface area is 164 Å². The van der Waals surface area contributed by atoms with Crippen LogP contribution < -0.4 is 5.32 Å². The fourth-order valence-electron chi connectivity index (χ4n) is 3.94. The van der Waals surface area contributed by atoms with Gasteiger partial charge in [-0.25, -0.2) is 8.42 Å². The van der Waals surface area contributed by atoms with E-state index in [2.05, 4.69) is 17.4 Å². The molecule has 1 fully saturated rings. The Bertz CT molecular complexity index is 930. The lowest BCUT2D eigenvalue weighted by Crippen LogP contribution is -2.35. The summed E-state index contributed by atoms with van der Waals surface area (Å²) in [5, 5.41) is 3.10. The number of fused-ring (bicyclic) bond motifs is 1. The number of aryl methyl sites for hydroxylation is 1. The van der Waals surface area contributed by atoms with Crippen LogP contribution in [0.15, 0.2) is 40.6 Å². The molecule has 2 heterocycles. The third kappa shape index (κ3) is 3.95. The highest BCUT2D eigenvalue weighted by atomic mass is 32.2. The monoisotopic (exact) mass is 404 g/mol. The van der Waals surface area contributed by atoms with E-state index in [0.717, 1.165) is 37.0 Å². The van der Waals surface area contributed by atoms with Crippen LogP contribution in [-0.2, 0) is 27.7 Å². The third-order valence-electron chi connectivity index (χ3n) is 5.35. The maximum Gasteiger partial charge on any atom is 0.252 e. The number of nitrogens with one attached hydrogen (secondary N) is 1. The number of hydrogen-bond donors (Lipinski definition) is 1. The Kier molecular flexibility index (Phi) is 5.34. The number of benzene rings is 1. The van der Waals surface area contributed by atoms with Gasteiger partial charge in [-0.3, -0.25) is 4.79 Å². The van der Waals surface area contributed by atoms with Crippen LogP contribution >= 0.6 is 11.3 Å². The Hall–Kier alpha value is -1.70. The van der Waals surface area contributed by atoms with Gasteiger partial charge in [0.25, 0.3) is 10.0 Å². The summed E-state index contributed by atoms with van der Waals surface area (Å²) < 4.78 is 27.4. The fourth-order valence-corrected chi connectivity index (χ4v) is 6.96. The Morgan fingerprint density at radius 1 is 1.11 bits per heavy atom. The number of nitrogens with zero attached hydrogens (tertiary/aromatic N) is 1. The van der Waals surface area contributed by atoms with Crippen LogP contribution in [0.3, 0.4) is 0 Å². The zero-order valence-corrected chi connectivity index (χ0v) is 16.8. The number of rotatable bonds is 5. The molecule has 0 bridgehead atoms. The molecule has 0 radical (unpaired) electrons. The van der Waals surface area contributed by atoms with E-state index in [9.17, 15) is 13.2 Å². The van der Waals surface area contributed by atoms with Crippen LogP contribution in [0.25, 0.3) is 0 Å². The zero-order chi connectivity index (χ0) is 18.9. The van der Waals surface area contributed by atoms with E-state index in [0.29, 0.717) is 17.3 Å². The predicted octanol–water partition coefficient (Wildman–Crippen LogP) is 3.27. The molecule has 1 aromatic carbocycles. The van der Waals surface area contributed by atoms with Crippen molar-refractivity contribution >= 4 is 27.3 Å². The van der Waals surface area contributed by atoms with Crippen molar-refractivity contribution in [3.05, 3.63) is 52.4 Å². The molecule has 1 aliphatic heterocycles. The van der Waals surface area contributed by atoms with Gasteiger partial charge in [-0.2, -0.15) is 4.31 Å². The molecule has 1 N–H and O–H groups in total. The van der Waals surface area contributed by atoms with Crippen molar-refractivity contribution in [2.75, 3.05) is 13.1 Å². The number of sulfonamides is 1. The average Bonchev–Trinajstić information content (AvgIpc) is 3.30. The van der Waals surface area contributed by atoms with Gasteiger partial charge in [0.05, 0.1) is 12.5 Å². The maximum atomic E-state index is 12.7. The molecule has 2 aliphatic rings. The van der Waals surface area contributed by atoms with Gasteiger partial charge in [-0.1, -0.05) is 30.7 Å². The number of amides is 1. The predicted molar refractivity (Wildman–Crippen MR) is 106 cm³/mol. The molecule has 1 unspecified atom stereocenters. The van der Waals surface area contributed by atoms with Crippen molar-refractivity contribution in [2.24, 2.45) is 0 Å². The molecular formula is C20H24N2O3S2. The molecule has 27 heavy (non-hydrogen) atoms. The average molecular weight is 405 g/mol. The standard InChI is InChI=1S/C20H24N2O3S2/c23-19(21-18-10-8-15-6-2-3-7-17(15)18)14-16-9-11-20(26-16)27(24,25)22-12-4-1-5-13-22/h2-3,6-7,9,11,18H,1,4-5,8,10,12-14H2,(H,21,23). The number of piperidine rings is 1. The van der Waals surface area contributed by atoms with Crippen LogP contribution in [0.4, 0.5) is 0 Å². The number of hydrogen-bond acceptors (Lipinski definition) is 4. The topological polar surface area (TPSA) is 66.5 Å². The first-order valence-corrected chi connectivity index (χ1v) is 11.8. The van der Waals surface area contributed by atoms with Gasteiger partial charge in [0.1, 0.15) is 4.21 Å². The Morgan fingerprint density at radius 2 is 1.89 bits per heavy atom.